The Labute approximate surface area is 129 Å². The summed E-state index contributed by atoms with van der Waals surface area (Å²) in [6.45, 7) is 3.43. The number of hydrogen-bond donors (Lipinski definition) is 0. The molecule has 0 aliphatic heterocycles. The number of benzene rings is 2. The maximum absolute atomic E-state index is 13.6. The maximum atomic E-state index is 13.6. The summed E-state index contributed by atoms with van der Waals surface area (Å²) in [5.74, 6) is -0.495. The average molecular weight is 393 g/mol. The Morgan fingerprint density at radius 3 is 2.16 bits per heavy atom. The lowest BCUT2D eigenvalue weighted by Crippen LogP contribution is -2.00. The maximum Gasteiger partial charge on any atom is 0.129 e. The molecule has 2 aromatic rings. The van der Waals surface area contributed by atoms with Crippen LogP contribution in [-0.2, 0) is 0 Å². The smallest absolute Gasteiger partial charge is 0.129 e. The van der Waals surface area contributed by atoms with Gasteiger partial charge in [0.05, 0.1) is 5.38 Å². The molecule has 0 amide bonds. The molecule has 100 valence electrons. The quantitative estimate of drug-likeness (QED) is 0.467. The molecule has 0 N–H and O–H groups in total. The summed E-state index contributed by atoms with van der Waals surface area (Å²) in [7, 11) is 0. The molecule has 0 saturated heterocycles. The van der Waals surface area contributed by atoms with Crippen LogP contribution in [0.2, 0.25) is 0 Å². The summed E-state index contributed by atoms with van der Waals surface area (Å²) in [5, 5.41) is -0.412. The fraction of sp³-hybridized carbons (Fsp3) is 0.200. The predicted molar refractivity (Wildman–Crippen MR) is 82.7 cm³/mol. The highest BCUT2D eigenvalue weighted by molar-refractivity contribution is 14.1. The van der Waals surface area contributed by atoms with Crippen molar-refractivity contribution in [2.24, 2.45) is 0 Å². The van der Waals surface area contributed by atoms with Crippen molar-refractivity contribution in [1.29, 1.82) is 0 Å². The lowest BCUT2D eigenvalue weighted by Gasteiger charge is -2.14. The average Bonchev–Trinajstić information content (AvgIpc) is 2.34. The first-order valence-electron chi connectivity index (χ1n) is 5.76. The van der Waals surface area contributed by atoms with Gasteiger partial charge >= 0.3 is 0 Å². The van der Waals surface area contributed by atoms with Crippen LogP contribution in [0.15, 0.2) is 30.3 Å². The van der Waals surface area contributed by atoms with Crippen molar-refractivity contribution in [2.75, 3.05) is 0 Å². The minimum absolute atomic E-state index is 0.207. The van der Waals surface area contributed by atoms with Gasteiger partial charge < -0.3 is 0 Å². The molecule has 0 aromatic heterocycles. The molecule has 4 heteroatoms. The van der Waals surface area contributed by atoms with Crippen LogP contribution in [0.25, 0.3) is 0 Å². The predicted octanol–water partition coefficient (Wildman–Crippen LogP) is 5.51. The molecule has 2 rings (SSSR count). The van der Waals surface area contributed by atoms with Gasteiger partial charge in [0.2, 0.25) is 0 Å². The second-order valence-electron chi connectivity index (χ2n) is 4.50. The first-order valence-corrected chi connectivity index (χ1v) is 7.27. The van der Waals surface area contributed by atoms with E-state index >= 15 is 0 Å². The van der Waals surface area contributed by atoms with E-state index in [9.17, 15) is 8.78 Å². The number of rotatable bonds is 2. The second-order valence-corrected chi connectivity index (χ2v) is 6.10. The fourth-order valence-electron chi connectivity index (χ4n) is 2.01. The normalized spacial score (nSPS) is 12.5. The molecule has 0 aliphatic rings. The van der Waals surface area contributed by atoms with Gasteiger partial charge in [-0.2, -0.15) is 0 Å². The highest BCUT2D eigenvalue weighted by atomic mass is 127. The standard InChI is InChI=1S/C15H12ClF2I/c1-8-5-10(6-9(2)15(8)18)14(16)12-4-3-11(17)7-13(12)19/h3-7,14H,1-2H3. The molecule has 0 heterocycles. The molecule has 0 fully saturated rings. The molecule has 0 nitrogen and oxygen atoms in total. The number of halogens is 4. The third-order valence-corrected chi connectivity index (χ3v) is 4.41. The van der Waals surface area contributed by atoms with Crippen LogP contribution in [0.5, 0.6) is 0 Å². The van der Waals surface area contributed by atoms with Crippen LogP contribution in [-0.4, -0.2) is 0 Å². The van der Waals surface area contributed by atoms with Crippen molar-refractivity contribution < 1.29 is 8.78 Å². The molecule has 0 bridgehead atoms. The topological polar surface area (TPSA) is 0 Å². The van der Waals surface area contributed by atoms with Gasteiger partial charge in [0.15, 0.2) is 0 Å². The SMILES string of the molecule is Cc1cc(C(Cl)c2ccc(F)cc2I)cc(C)c1F. The monoisotopic (exact) mass is 392 g/mol. The van der Waals surface area contributed by atoms with E-state index in [2.05, 4.69) is 22.6 Å². The Balaban J connectivity index is 2.47. The van der Waals surface area contributed by atoms with Crippen molar-refractivity contribution >= 4 is 34.2 Å². The van der Waals surface area contributed by atoms with E-state index in [0.717, 1.165) is 14.7 Å². The van der Waals surface area contributed by atoms with Gasteiger partial charge in [0.1, 0.15) is 11.6 Å². The summed E-state index contributed by atoms with van der Waals surface area (Å²) in [4.78, 5) is 0. The van der Waals surface area contributed by atoms with Gasteiger partial charge in [0.25, 0.3) is 0 Å². The van der Waals surface area contributed by atoms with Crippen molar-refractivity contribution in [3.05, 3.63) is 67.8 Å². The first kappa shape index (κ1) is 14.7. The van der Waals surface area contributed by atoms with E-state index in [1.165, 1.54) is 12.1 Å². The summed E-state index contributed by atoms with van der Waals surface area (Å²) in [6.07, 6.45) is 0. The van der Waals surface area contributed by atoms with Crippen LogP contribution in [0, 0.1) is 29.1 Å². The number of alkyl halides is 1. The molecule has 19 heavy (non-hydrogen) atoms. The fourth-order valence-corrected chi connectivity index (χ4v) is 3.30. The second kappa shape index (κ2) is 5.75. The third-order valence-electron chi connectivity index (χ3n) is 2.99. The molecule has 0 aliphatic carbocycles. The van der Waals surface area contributed by atoms with Crippen molar-refractivity contribution in [3.63, 3.8) is 0 Å². The first-order chi connectivity index (χ1) is 8.90. The molecule has 2 aromatic carbocycles. The molecule has 0 spiro atoms. The summed E-state index contributed by atoms with van der Waals surface area (Å²) < 4.78 is 27.5. The molecular weight excluding hydrogens is 381 g/mol. The van der Waals surface area contributed by atoms with Crippen molar-refractivity contribution in [1.82, 2.24) is 0 Å². The highest BCUT2D eigenvalue weighted by Gasteiger charge is 2.16. The Morgan fingerprint density at radius 1 is 1.05 bits per heavy atom. The van der Waals surface area contributed by atoms with E-state index in [0.29, 0.717) is 11.1 Å². The largest absolute Gasteiger partial charge is 0.207 e. The van der Waals surface area contributed by atoms with Gasteiger partial charge in [-0.05, 0) is 70.8 Å². The minimum Gasteiger partial charge on any atom is -0.207 e. The lowest BCUT2D eigenvalue weighted by atomic mass is 9.99. The Morgan fingerprint density at radius 2 is 1.63 bits per heavy atom. The van der Waals surface area contributed by atoms with E-state index < -0.39 is 5.38 Å². The molecule has 0 radical (unpaired) electrons. The highest BCUT2D eigenvalue weighted by Crippen LogP contribution is 2.33. The Kier molecular flexibility index (Phi) is 4.46. The van der Waals surface area contributed by atoms with Crippen LogP contribution < -0.4 is 0 Å². The summed E-state index contributed by atoms with van der Waals surface area (Å²) in [5.41, 5.74) is 2.78. The van der Waals surface area contributed by atoms with E-state index in [1.54, 1.807) is 32.0 Å². The molecule has 1 atom stereocenters. The summed E-state index contributed by atoms with van der Waals surface area (Å²) in [6, 6.07) is 7.96. The van der Waals surface area contributed by atoms with E-state index in [1.807, 2.05) is 0 Å². The third kappa shape index (κ3) is 3.08. The zero-order chi connectivity index (χ0) is 14.2. The van der Waals surface area contributed by atoms with Crippen molar-refractivity contribution in [3.8, 4) is 0 Å². The molecule has 0 saturated carbocycles. The van der Waals surface area contributed by atoms with Crippen LogP contribution in [0.4, 0.5) is 8.78 Å². The van der Waals surface area contributed by atoms with Crippen molar-refractivity contribution in [2.45, 2.75) is 19.2 Å². The van der Waals surface area contributed by atoms with Gasteiger partial charge in [-0.25, -0.2) is 8.78 Å². The number of aryl methyl sites for hydroxylation is 2. The van der Waals surface area contributed by atoms with Crippen LogP contribution >= 0.6 is 34.2 Å². The van der Waals surface area contributed by atoms with Gasteiger partial charge in [-0.15, -0.1) is 11.6 Å². The lowest BCUT2D eigenvalue weighted by molar-refractivity contribution is 0.608. The Hall–Kier alpha value is -0.680. The zero-order valence-corrected chi connectivity index (χ0v) is 13.4. The van der Waals surface area contributed by atoms with Gasteiger partial charge in [-0.1, -0.05) is 18.2 Å². The minimum atomic E-state index is -0.412. The number of hydrogen-bond acceptors (Lipinski definition) is 0. The Bertz CT molecular complexity index is 603. The van der Waals surface area contributed by atoms with Gasteiger partial charge in [-0.3, -0.25) is 0 Å². The van der Waals surface area contributed by atoms with Crippen LogP contribution in [0.3, 0.4) is 0 Å². The van der Waals surface area contributed by atoms with E-state index in [4.69, 9.17) is 11.6 Å². The molecular formula is C15H12ClF2I. The van der Waals surface area contributed by atoms with Gasteiger partial charge in [0, 0.05) is 3.57 Å². The zero-order valence-electron chi connectivity index (χ0n) is 10.5. The van der Waals surface area contributed by atoms with E-state index in [-0.39, 0.29) is 11.6 Å². The summed E-state index contributed by atoms with van der Waals surface area (Å²) >= 11 is 8.49. The molecule has 1 unspecified atom stereocenters. The van der Waals surface area contributed by atoms with Crippen LogP contribution in [0.1, 0.15) is 27.6 Å².